The molecule has 1 aliphatic rings. The topological polar surface area (TPSA) is 106 Å². The predicted octanol–water partition coefficient (Wildman–Crippen LogP) is 3.97. The Bertz CT molecular complexity index is 1050. The summed E-state index contributed by atoms with van der Waals surface area (Å²) in [5, 5.41) is 14.1. The Morgan fingerprint density at radius 1 is 1.17 bits per heavy atom. The second-order valence-corrected chi connectivity index (χ2v) is 7.87. The fourth-order valence-electron chi connectivity index (χ4n) is 4.04. The standard InChI is InChI=1S/C24H28N4O2/c1-15-5-2-6-16(11-15)14-30-21-9-3-8-20(29)22(21)19-12-18(23(25)24(26)28-19)17-7-4-10-27-13-17/h2-3,5-6,8-9,11-12,17,27,29H,4,7,10,13-14,25H2,1H3,(H2,26,28). The molecule has 2 aromatic carbocycles. The average Bonchev–Trinajstić information content (AvgIpc) is 2.75. The number of anilines is 2. The van der Waals surface area contributed by atoms with Crippen molar-refractivity contribution < 1.29 is 9.84 Å². The minimum Gasteiger partial charge on any atom is -0.507 e. The third-order valence-electron chi connectivity index (χ3n) is 5.59. The fraction of sp³-hybridized carbons (Fsp3) is 0.292. The number of nitrogen functional groups attached to an aromatic ring is 2. The van der Waals surface area contributed by atoms with Crippen LogP contribution in [0.5, 0.6) is 11.5 Å². The molecule has 6 nitrogen and oxygen atoms in total. The molecule has 4 rings (SSSR count). The van der Waals surface area contributed by atoms with Gasteiger partial charge < -0.3 is 26.6 Å². The summed E-state index contributed by atoms with van der Waals surface area (Å²) in [4.78, 5) is 4.48. The van der Waals surface area contributed by atoms with Gasteiger partial charge in [0.15, 0.2) is 0 Å². The number of ether oxygens (including phenoxy) is 1. The normalized spacial score (nSPS) is 16.4. The van der Waals surface area contributed by atoms with Crippen LogP contribution in [0.3, 0.4) is 0 Å². The number of phenols is 1. The number of nitrogens with zero attached hydrogens (tertiary/aromatic N) is 1. The van der Waals surface area contributed by atoms with Crippen LogP contribution in [0.1, 0.15) is 35.4 Å². The monoisotopic (exact) mass is 404 g/mol. The highest BCUT2D eigenvalue weighted by molar-refractivity contribution is 5.78. The molecule has 1 aliphatic heterocycles. The molecule has 6 heteroatoms. The smallest absolute Gasteiger partial charge is 0.147 e. The van der Waals surface area contributed by atoms with E-state index >= 15 is 0 Å². The van der Waals surface area contributed by atoms with E-state index in [1.165, 1.54) is 5.56 Å². The zero-order valence-electron chi connectivity index (χ0n) is 17.2. The second kappa shape index (κ2) is 8.63. The molecule has 0 bridgehead atoms. The first-order valence-electron chi connectivity index (χ1n) is 10.3. The van der Waals surface area contributed by atoms with Crippen LogP contribution < -0.4 is 21.5 Å². The first kappa shape index (κ1) is 20.0. The van der Waals surface area contributed by atoms with Crippen molar-refractivity contribution >= 4 is 11.5 Å². The molecule has 1 saturated heterocycles. The summed E-state index contributed by atoms with van der Waals surface area (Å²) in [7, 11) is 0. The van der Waals surface area contributed by atoms with Gasteiger partial charge in [-0.3, -0.25) is 0 Å². The summed E-state index contributed by atoms with van der Waals surface area (Å²) in [5.74, 6) is 1.20. The van der Waals surface area contributed by atoms with Gasteiger partial charge in [-0.15, -0.1) is 0 Å². The van der Waals surface area contributed by atoms with Crippen molar-refractivity contribution in [1.82, 2.24) is 10.3 Å². The zero-order valence-corrected chi connectivity index (χ0v) is 17.2. The van der Waals surface area contributed by atoms with Gasteiger partial charge in [0.25, 0.3) is 0 Å². The minimum atomic E-state index is 0.0983. The highest BCUT2D eigenvalue weighted by Crippen LogP contribution is 2.41. The van der Waals surface area contributed by atoms with Crippen molar-refractivity contribution in [3.8, 4) is 22.8 Å². The Balaban J connectivity index is 1.70. The van der Waals surface area contributed by atoms with Crippen molar-refractivity contribution in [2.24, 2.45) is 0 Å². The van der Waals surface area contributed by atoms with Crippen molar-refractivity contribution in [1.29, 1.82) is 0 Å². The van der Waals surface area contributed by atoms with Crippen molar-refractivity contribution in [3.05, 3.63) is 65.2 Å². The van der Waals surface area contributed by atoms with Crippen LogP contribution in [0, 0.1) is 6.92 Å². The number of rotatable bonds is 5. The van der Waals surface area contributed by atoms with Gasteiger partial charge in [-0.1, -0.05) is 35.9 Å². The maximum Gasteiger partial charge on any atom is 0.147 e. The van der Waals surface area contributed by atoms with Gasteiger partial charge in [0.2, 0.25) is 0 Å². The van der Waals surface area contributed by atoms with E-state index in [1.807, 2.05) is 37.3 Å². The summed E-state index contributed by atoms with van der Waals surface area (Å²) in [6.45, 7) is 4.30. The third-order valence-corrected chi connectivity index (χ3v) is 5.59. The van der Waals surface area contributed by atoms with Crippen molar-refractivity contribution in [2.75, 3.05) is 24.6 Å². The van der Waals surface area contributed by atoms with E-state index in [4.69, 9.17) is 16.2 Å². The number of aryl methyl sites for hydroxylation is 1. The molecule has 30 heavy (non-hydrogen) atoms. The number of hydrogen-bond acceptors (Lipinski definition) is 6. The van der Waals surface area contributed by atoms with Gasteiger partial charge in [-0.05, 0) is 61.6 Å². The molecule has 1 unspecified atom stereocenters. The van der Waals surface area contributed by atoms with E-state index in [0.29, 0.717) is 29.3 Å². The number of hydrogen-bond donors (Lipinski definition) is 4. The van der Waals surface area contributed by atoms with Gasteiger partial charge in [0, 0.05) is 6.54 Å². The Morgan fingerprint density at radius 3 is 2.77 bits per heavy atom. The van der Waals surface area contributed by atoms with Gasteiger partial charge in [0.05, 0.1) is 16.9 Å². The lowest BCUT2D eigenvalue weighted by molar-refractivity contribution is 0.306. The molecule has 0 amide bonds. The third kappa shape index (κ3) is 4.19. The van der Waals surface area contributed by atoms with Crippen LogP contribution in [0.2, 0.25) is 0 Å². The molecular formula is C24H28N4O2. The summed E-state index contributed by atoms with van der Waals surface area (Å²) in [6.07, 6.45) is 2.13. The summed E-state index contributed by atoms with van der Waals surface area (Å²) < 4.78 is 6.08. The lowest BCUT2D eigenvalue weighted by Gasteiger charge is -2.25. The maximum atomic E-state index is 10.6. The first-order valence-corrected chi connectivity index (χ1v) is 10.3. The van der Waals surface area contributed by atoms with Crippen LogP contribution in [-0.2, 0) is 6.61 Å². The summed E-state index contributed by atoms with van der Waals surface area (Å²) >= 11 is 0. The van der Waals surface area contributed by atoms with Crippen LogP contribution in [-0.4, -0.2) is 23.2 Å². The van der Waals surface area contributed by atoms with Crippen LogP contribution >= 0.6 is 0 Å². The molecule has 0 saturated carbocycles. The number of phenolic OH excluding ortho intramolecular Hbond substituents is 1. The van der Waals surface area contributed by atoms with E-state index < -0.39 is 0 Å². The first-order chi connectivity index (χ1) is 14.5. The molecule has 6 N–H and O–H groups in total. The van der Waals surface area contributed by atoms with Crippen LogP contribution in [0.15, 0.2) is 48.5 Å². The molecule has 0 aliphatic carbocycles. The van der Waals surface area contributed by atoms with E-state index in [9.17, 15) is 5.11 Å². The van der Waals surface area contributed by atoms with Crippen molar-refractivity contribution in [2.45, 2.75) is 32.3 Å². The zero-order chi connectivity index (χ0) is 21.1. The molecular weight excluding hydrogens is 376 g/mol. The number of nitrogens with one attached hydrogen (secondary N) is 1. The van der Waals surface area contributed by atoms with E-state index in [2.05, 4.69) is 16.4 Å². The Hall–Kier alpha value is -3.25. The van der Waals surface area contributed by atoms with E-state index in [-0.39, 0.29) is 17.5 Å². The number of piperidine rings is 1. The van der Waals surface area contributed by atoms with Gasteiger partial charge in [0.1, 0.15) is 23.9 Å². The molecule has 3 aromatic rings. The van der Waals surface area contributed by atoms with Gasteiger partial charge >= 0.3 is 0 Å². The van der Waals surface area contributed by atoms with Gasteiger partial charge in [-0.25, -0.2) is 4.98 Å². The Kier molecular flexibility index (Phi) is 5.77. The number of aromatic nitrogens is 1. The molecule has 156 valence electrons. The quantitative estimate of drug-likeness (QED) is 0.513. The summed E-state index contributed by atoms with van der Waals surface area (Å²) in [6, 6.07) is 15.3. The van der Waals surface area contributed by atoms with Crippen LogP contribution in [0.4, 0.5) is 11.5 Å². The fourth-order valence-corrected chi connectivity index (χ4v) is 4.04. The average molecular weight is 405 g/mol. The van der Waals surface area contributed by atoms with Gasteiger partial charge in [-0.2, -0.15) is 0 Å². The molecule has 0 radical (unpaired) electrons. The minimum absolute atomic E-state index is 0.0983. The number of benzene rings is 2. The van der Waals surface area contributed by atoms with E-state index in [0.717, 1.165) is 37.1 Å². The largest absolute Gasteiger partial charge is 0.507 e. The highest BCUT2D eigenvalue weighted by Gasteiger charge is 2.22. The number of pyridine rings is 1. The molecule has 1 aromatic heterocycles. The lowest BCUT2D eigenvalue weighted by Crippen LogP contribution is -2.29. The Labute approximate surface area is 176 Å². The van der Waals surface area contributed by atoms with E-state index in [1.54, 1.807) is 12.1 Å². The van der Waals surface area contributed by atoms with Crippen molar-refractivity contribution in [3.63, 3.8) is 0 Å². The Morgan fingerprint density at radius 2 is 2.00 bits per heavy atom. The van der Waals surface area contributed by atoms with Crippen LogP contribution in [0.25, 0.3) is 11.3 Å². The molecule has 2 heterocycles. The number of nitrogens with two attached hydrogens (primary N) is 2. The summed E-state index contributed by atoms with van der Waals surface area (Å²) in [5.41, 5.74) is 17.3. The maximum absolute atomic E-state index is 10.6. The molecule has 1 atom stereocenters. The lowest BCUT2D eigenvalue weighted by atomic mass is 9.89. The second-order valence-electron chi connectivity index (χ2n) is 7.87. The molecule has 0 spiro atoms. The number of aromatic hydroxyl groups is 1. The molecule has 1 fully saturated rings. The highest BCUT2D eigenvalue weighted by atomic mass is 16.5. The SMILES string of the molecule is Cc1cccc(COc2cccc(O)c2-c2cc(C3CCCNC3)c(N)c(N)n2)c1. The predicted molar refractivity (Wildman–Crippen MR) is 121 cm³/mol.